The maximum Gasteiger partial charge on any atom is 0.407 e. The van der Waals surface area contributed by atoms with E-state index < -0.39 is 6.09 Å². The molecule has 2 rings (SSSR count). The molecule has 0 spiro atoms. The van der Waals surface area contributed by atoms with Crippen molar-refractivity contribution in [2.24, 2.45) is 0 Å². The average Bonchev–Trinajstić information content (AvgIpc) is 2.80. The van der Waals surface area contributed by atoms with Gasteiger partial charge in [0.05, 0.1) is 0 Å². The SMILES string of the molecule is CCCCN(CCc1c[nH]c2cc(Br)ccc12)C(=O)O. The van der Waals surface area contributed by atoms with Gasteiger partial charge in [0, 0.05) is 34.7 Å². The number of aromatic amines is 1. The molecule has 0 saturated carbocycles. The van der Waals surface area contributed by atoms with Gasteiger partial charge in [0.2, 0.25) is 0 Å². The summed E-state index contributed by atoms with van der Waals surface area (Å²) in [5.41, 5.74) is 2.24. The molecule has 0 bridgehead atoms. The number of hydrogen-bond acceptors (Lipinski definition) is 1. The highest BCUT2D eigenvalue weighted by Crippen LogP contribution is 2.22. The fraction of sp³-hybridized carbons (Fsp3) is 0.400. The highest BCUT2D eigenvalue weighted by Gasteiger charge is 2.12. The number of benzene rings is 1. The Morgan fingerprint density at radius 1 is 1.40 bits per heavy atom. The van der Waals surface area contributed by atoms with Crippen molar-refractivity contribution in [3.05, 3.63) is 34.4 Å². The molecule has 20 heavy (non-hydrogen) atoms. The molecule has 0 aliphatic rings. The largest absolute Gasteiger partial charge is 0.465 e. The number of halogens is 1. The zero-order valence-electron chi connectivity index (χ0n) is 11.5. The number of nitrogens with one attached hydrogen (secondary N) is 1. The Hall–Kier alpha value is -1.49. The van der Waals surface area contributed by atoms with Gasteiger partial charge in [-0.1, -0.05) is 35.3 Å². The Kier molecular flexibility index (Phi) is 5.06. The Balaban J connectivity index is 2.06. The van der Waals surface area contributed by atoms with E-state index in [1.54, 1.807) is 0 Å². The molecular weight excluding hydrogens is 320 g/mol. The number of aromatic nitrogens is 1. The van der Waals surface area contributed by atoms with Crippen molar-refractivity contribution in [1.29, 1.82) is 0 Å². The molecule has 0 unspecified atom stereocenters. The quantitative estimate of drug-likeness (QED) is 0.826. The molecule has 2 aromatic rings. The molecule has 0 aliphatic carbocycles. The van der Waals surface area contributed by atoms with Crippen LogP contribution in [0.3, 0.4) is 0 Å². The summed E-state index contributed by atoms with van der Waals surface area (Å²) in [5.74, 6) is 0. The standard InChI is InChI=1S/C15H19BrN2O2/c1-2-3-7-18(15(19)20)8-6-11-10-17-14-9-12(16)4-5-13(11)14/h4-5,9-10,17H,2-3,6-8H2,1H3,(H,19,20). The van der Waals surface area contributed by atoms with E-state index in [4.69, 9.17) is 0 Å². The van der Waals surface area contributed by atoms with Gasteiger partial charge in [-0.25, -0.2) is 4.79 Å². The smallest absolute Gasteiger partial charge is 0.407 e. The molecule has 4 nitrogen and oxygen atoms in total. The van der Waals surface area contributed by atoms with Crippen LogP contribution in [0.1, 0.15) is 25.3 Å². The fourth-order valence-corrected chi connectivity index (χ4v) is 2.63. The van der Waals surface area contributed by atoms with Crippen LogP contribution in [0.5, 0.6) is 0 Å². The van der Waals surface area contributed by atoms with Crippen LogP contribution >= 0.6 is 15.9 Å². The van der Waals surface area contributed by atoms with Crippen LogP contribution in [-0.4, -0.2) is 34.2 Å². The van der Waals surface area contributed by atoms with Crippen LogP contribution in [0.25, 0.3) is 10.9 Å². The molecule has 0 atom stereocenters. The number of amides is 1. The molecule has 0 aliphatic heterocycles. The van der Waals surface area contributed by atoms with E-state index in [2.05, 4.69) is 33.9 Å². The summed E-state index contributed by atoms with van der Waals surface area (Å²) in [5, 5.41) is 10.4. The lowest BCUT2D eigenvalue weighted by molar-refractivity contribution is 0.145. The van der Waals surface area contributed by atoms with Gasteiger partial charge in [-0.3, -0.25) is 0 Å². The van der Waals surface area contributed by atoms with Crippen molar-refractivity contribution in [2.75, 3.05) is 13.1 Å². The zero-order valence-corrected chi connectivity index (χ0v) is 13.1. The van der Waals surface area contributed by atoms with Gasteiger partial charge in [0.1, 0.15) is 0 Å². The highest BCUT2D eigenvalue weighted by atomic mass is 79.9. The van der Waals surface area contributed by atoms with E-state index >= 15 is 0 Å². The summed E-state index contributed by atoms with van der Waals surface area (Å²) in [4.78, 5) is 15.9. The number of nitrogens with zero attached hydrogens (tertiary/aromatic N) is 1. The maximum atomic E-state index is 11.2. The third-order valence-corrected chi connectivity index (χ3v) is 3.93. The van der Waals surface area contributed by atoms with Crippen molar-refractivity contribution < 1.29 is 9.90 Å². The normalized spacial score (nSPS) is 10.9. The van der Waals surface area contributed by atoms with Gasteiger partial charge < -0.3 is 15.0 Å². The van der Waals surface area contributed by atoms with Crippen molar-refractivity contribution in [3.8, 4) is 0 Å². The van der Waals surface area contributed by atoms with Crippen molar-refractivity contribution in [3.63, 3.8) is 0 Å². The zero-order chi connectivity index (χ0) is 14.5. The lowest BCUT2D eigenvalue weighted by atomic mass is 10.1. The van der Waals surface area contributed by atoms with Gasteiger partial charge in [-0.05, 0) is 30.5 Å². The molecule has 0 radical (unpaired) electrons. The predicted molar refractivity (Wildman–Crippen MR) is 84.2 cm³/mol. The molecule has 1 aromatic carbocycles. The number of H-pyrrole nitrogens is 1. The Labute approximate surface area is 126 Å². The molecular formula is C15H19BrN2O2. The first-order chi connectivity index (χ1) is 9.61. The van der Waals surface area contributed by atoms with E-state index in [0.29, 0.717) is 13.1 Å². The minimum absolute atomic E-state index is 0.540. The van der Waals surface area contributed by atoms with E-state index in [0.717, 1.165) is 40.2 Å². The highest BCUT2D eigenvalue weighted by molar-refractivity contribution is 9.10. The minimum Gasteiger partial charge on any atom is -0.465 e. The fourth-order valence-electron chi connectivity index (χ4n) is 2.27. The first-order valence-corrected chi connectivity index (χ1v) is 7.64. The summed E-state index contributed by atoms with van der Waals surface area (Å²) < 4.78 is 1.04. The van der Waals surface area contributed by atoms with Crippen LogP contribution in [0.15, 0.2) is 28.9 Å². The third kappa shape index (κ3) is 3.54. The summed E-state index contributed by atoms with van der Waals surface area (Å²) in [6, 6.07) is 6.10. The van der Waals surface area contributed by atoms with Crippen LogP contribution in [0.4, 0.5) is 4.79 Å². The van der Waals surface area contributed by atoms with Gasteiger partial charge in [0.25, 0.3) is 0 Å². The summed E-state index contributed by atoms with van der Waals surface area (Å²) in [6.07, 6.45) is 3.79. The van der Waals surface area contributed by atoms with Gasteiger partial charge in [-0.15, -0.1) is 0 Å². The van der Waals surface area contributed by atoms with Crippen LogP contribution in [-0.2, 0) is 6.42 Å². The maximum absolute atomic E-state index is 11.2. The Morgan fingerprint density at radius 2 is 2.20 bits per heavy atom. The summed E-state index contributed by atoms with van der Waals surface area (Å²) in [6.45, 7) is 3.22. The predicted octanol–water partition coefficient (Wildman–Crippen LogP) is 4.25. The van der Waals surface area contributed by atoms with E-state index in [9.17, 15) is 9.90 Å². The van der Waals surface area contributed by atoms with Crippen molar-refractivity contribution in [1.82, 2.24) is 9.88 Å². The van der Waals surface area contributed by atoms with Crippen LogP contribution in [0.2, 0.25) is 0 Å². The van der Waals surface area contributed by atoms with Crippen LogP contribution in [0, 0.1) is 0 Å². The van der Waals surface area contributed by atoms with Gasteiger partial charge >= 0.3 is 6.09 Å². The number of unbranched alkanes of at least 4 members (excludes halogenated alkanes) is 1. The van der Waals surface area contributed by atoms with Gasteiger partial charge in [0.15, 0.2) is 0 Å². The monoisotopic (exact) mass is 338 g/mol. The lowest BCUT2D eigenvalue weighted by Crippen LogP contribution is -2.32. The van der Waals surface area contributed by atoms with Crippen LogP contribution < -0.4 is 0 Å². The third-order valence-electron chi connectivity index (χ3n) is 3.43. The molecule has 2 N–H and O–H groups in total. The average molecular weight is 339 g/mol. The van der Waals surface area contributed by atoms with Gasteiger partial charge in [-0.2, -0.15) is 0 Å². The second-order valence-corrected chi connectivity index (χ2v) is 5.79. The molecule has 1 amide bonds. The topological polar surface area (TPSA) is 56.3 Å². The lowest BCUT2D eigenvalue weighted by Gasteiger charge is -2.18. The Bertz CT molecular complexity index is 595. The van der Waals surface area contributed by atoms with Crippen molar-refractivity contribution >= 4 is 32.9 Å². The van der Waals surface area contributed by atoms with E-state index in [-0.39, 0.29) is 0 Å². The molecule has 5 heteroatoms. The van der Waals surface area contributed by atoms with E-state index in [1.165, 1.54) is 4.90 Å². The summed E-state index contributed by atoms with van der Waals surface area (Å²) >= 11 is 3.45. The second-order valence-electron chi connectivity index (χ2n) is 4.88. The number of carbonyl (C=O) groups is 1. The molecule has 1 heterocycles. The number of fused-ring (bicyclic) bond motifs is 1. The van der Waals surface area contributed by atoms with E-state index in [1.807, 2.05) is 18.3 Å². The molecule has 108 valence electrons. The second kappa shape index (κ2) is 6.79. The Morgan fingerprint density at radius 3 is 2.90 bits per heavy atom. The molecule has 0 saturated heterocycles. The molecule has 1 aromatic heterocycles. The summed E-state index contributed by atoms with van der Waals surface area (Å²) in [7, 11) is 0. The number of rotatable bonds is 6. The first-order valence-electron chi connectivity index (χ1n) is 6.85. The number of hydrogen-bond donors (Lipinski definition) is 2. The molecule has 0 fully saturated rings. The van der Waals surface area contributed by atoms with Crippen molar-refractivity contribution in [2.45, 2.75) is 26.2 Å². The minimum atomic E-state index is -0.832. The first kappa shape index (κ1) is 14.9. The number of carboxylic acid groups (broad SMARTS) is 1.